The van der Waals surface area contributed by atoms with E-state index in [9.17, 15) is 0 Å². The Balaban J connectivity index is 0.000000186. The van der Waals surface area contributed by atoms with E-state index in [1.54, 1.807) is 0 Å². The van der Waals surface area contributed by atoms with Crippen LogP contribution in [0, 0.1) is 0 Å². The van der Waals surface area contributed by atoms with E-state index in [0.717, 1.165) is 0 Å². The normalized spacial score (nSPS) is 22.6. The first-order chi connectivity index (χ1) is 30.3. The molecule has 4 aromatic heterocycles. The van der Waals surface area contributed by atoms with Gasteiger partial charge in [-0.15, -0.1) is 150 Å². The standard InChI is InChI=1S/2C24H18Br2S5.2BrH/c2*25-19-13-11-17(29-19)21-23(27-15-7-3-1-4-8-15)24(28-16-9-5-2-6-10-16)22(31-21)18-12-14-20(26)30-18;;/h2*1-14,21-24H;2*1H. The fraction of sp³-hybridized carbons (Fsp3) is 0.167. The van der Waals surface area contributed by atoms with Gasteiger partial charge in [-0.05, 0) is 161 Å². The van der Waals surface area contributed by atoms with Crippen LogP contribution >= 0.6 is 214 Å². The second-order valence-corrected chi connectivity index (χ2v) is 31.7. The molecule has 4 aromatic carbocycles. The van der Waals surface area contributed by atoms with E-state index in [4.69, 9.17) is 0 Å². The minimum Gasteiger partial charge on any atom is -0.141 e. The molecule has 8 aromatic rings. The molecule has 64 heavy (non-hydrogen) atoms. The van der Waals surface area contributed by atoms with Crippen LogP contribution < -0.4 is 0 Å². The summed E-state index contributed by atoms with van der Waals surface area (Å²) in [4.78, 5) is 11.2. The maximum atomic E-state index is 3.69. The van der Waals surface area contributed by atoms with Gasteiger partial charge < -0.3 is 0 Å². The molecule has 2 fully saturated rings. The summed E-state index contributed by atoms with van der Waals surface area (Å²) in [5.74, 6) is 0. The van der Waals surface area contributed by atoms with Crippen molar-refractivity contribution in [2.24, 2.45) is 0 Å². The minimum absolute atomic E-state index is 0. The molecule has 332 valence electrons. The van der Waals surface area contributed by atoms with Gasteiger partial charge in [0.15, 0.2) is 0 Å². The fourth-order valence-electron chi connectivity index (χ4n) is 7.30. The summed E-state index contributed by atoms with van der Waals surface area (Å²) in [6.07, 6.45) is 0. The highest BCUT2D eigenvalue weighted by molar-refractivity contribution is 9.11. The predicted octanol–water partition coefficient (Wildman–Crippen LogP) is 21.5. The molecule has 0 amide bonds. The van der Waals surface area contributed by atoms with Gasteiger partial charge in [-0.2, -0.15) is 0 Å². The third kappa shape index (κ3) is 13.5. The van der Waals surface area contributed by atoms with Crippen LogP contribution in [0.15, 0.2) is 205 Å². The SMILES string of the molecule is Br.Br.Brc1ccc(C2SC(c3ccc(Br)s3)C(Sc3ccccc3)C2Sc2ccccc2)s1.Brc1ccc(C2SC(c3ccc(Br)s3)C(Sc3ccccc3)C2Sc2ccccc2)s1. The van der Waals surface area contributed by atoms with Crippen molar-refractivity contribution in [3.05, 3.63) is 205 Å². The number of rotatable bonds is 12. The van der Waals surface area contributed by atoms with Crippen molar-refractivity contribution < 1.29 is 0 Å². The zero-order valence-electron chi connectivity index (χ0n) is 33.2. The lowest BCUT2D eigenvalue weighted by atomic mass is 10.1. The molecule has 0 N–H and O–H groups in total. The average molecular weight is 1410 g/mol. The Morgan fingerprint density at radius 1 is 0.281 bits per heavy atom. The van der Waals surface area contributed by atoms with Crippen LogP contribution in [0.2, 0.25) is 0 Å². The maximum Gasteiger partial charge on any atom is 0.0701 e. The molecule has 6 heterocycles. The lowest BCUT2D eigenvalue weighted by Crippen LogP contribution is -2.21. The van der Waals surface area contributed by atoms with Gasteiger partial charge in [0.05, 0.1) is 36.1 Å². The van der Waals surface area contributed by atoms with Crippen LogP contribution in [0.4, 0.5) is 0 Å². The molecule has 0 spiro atoms. The van der Waals surface area contributed by atoms with Crippen LogP contribution in [0.5, 0.6) is 0 Å². The summed E-state index contributed by atoms with van der Waals surface area (Å²) in [5.41, 5.74) is 0. The van der Waals surface area contributed by atoms with Gasteiger partial charge in [-0.3, -0.25) is 0 Å². The Kier molecular flexibility index (Phi) is 21.1. The lowest BCUT2D eigenvalue weighted by Gasteiger charge is -2.24. The van der Waals surface area contributed by atoms with Crippen LogP contribution in [-0.2, 0) is 0 Å². The molecule has 8 unspecified atom stereocenters. The third-order valence-corrected chi connectivity index (χ3v) is 27.3. The van der Waals surface area contributed by atoms with Gasteiger partial charge in [0.1, 0.15) is 0 Å². The molecule has 0 saturated carbocycles. The molecule has 16 heteroatoms. The van der Waals surface area contributed by atoms with Gasteiger partial charge in [0.2, 0.25) is 0 Å². The number of hydrogen-bond acceptors (Lipinski definition) is 10. The predicted molar refractivity (Wildman–Crippen MR) is 319 cm³/mol. The van der Waals surface area contributed by atoms with Crippen LogP contribution in [0.25, 0.3) is 0 Å². The van der Waals surface area contributed by atoms with E-state index in [2.05, 4.69) is 257 Å². The van der Waals surface area contributed by atoms with Gasteiger partial charge in [0.25, 0.3) is 0 Å². The van der Waals surface area contributed by atoms with E-state index in [1.165, 1.54) is 54.2 Å². The molecule has 8 atom stereocenters. The Morgan fingerprint density at radius 2 is 0.484 bits per heavy atom. The first-order valence-electron chi connectivity index (χ1n) is 19.5. The second-order valence-electron chi connectivity index (χ2n) is 14.1. The molecule has 2 saturated heterocycles. The van der Waals surface area contributed by atoms with Gasteiger partial charge in [-0.1, -0.05) is 72.8 Å². The smallest absolute Gasteiger partial charge is 0.0701 e. The summed E-state index contributed by atoms with van der Waals surface area (Å²) >= 11 is 34.7. The Morgan fingerprint density at radius 3 is 0.656 bits per heavy atom. The Hall–Kier alpha value is 0.660. The summed E-state index contributed by atoms with van der Waals surface area (Å²) in [7, 11) is 0. The zero-order chi connectivity index (χ0) is 42.4. The first kappa shape index (κ1) is 52.5. The van der Waals surface area contributed by atoms with Crippen LogP contribution in [-0.4, -0.2) is 21.0 Å². The van der Waals surface area contributed by atoms with Crippen LogP contribution in [0.1, 0.15) is 40.5 Å². The molecule has 0 aliphatic carbocycles. The van der Waals surface area contributed by atoms with E-state index in [-0.39, 0.29) is 34.0 Å². The highest BCUT2D eigenvalue weighted by atomic mass is 79.9. The minimum atomic E-state index is 0. The van der Waals surface area contributed by atoms with Crippen molar-refractivity contribution in [3.8, 4) is 0 Å². The molecule has 2 aliphatic rings. The molecular weight excluding hydrogens is 1380 g/mol. The van der Waals surface area contributed by atoms with Crippen molar-refractivity contribution >= 4 is 214 Å². The largest absolute Gasteiger partial charge is 0.141 e. The van der Waals surface area contributed by atoms with Crippen molar-refractivity contribution in [2.45, 2.75) is 61.6 Å². The highest BCUT2D eigenvalue weighted by Gasteiger charge is 2.49. The van der Waals surface area contributed by atoms with Crippen molar-refractivity contribution in [1.29, 1.82) is 0 Å². The average Bonchev–Trinajstić information content (AvgIpc) is 4.18. The van der Waals surface area contributed by atoms with Gasteiger partial charge in [-0.25, -0.2) is 0 Å². The topological polar surface area (TPSA) is 0 Å². The number of halogens is 6. The van der Waals surface area contributed by atoms with Crippen molar-refractivity contribution in [1.82, 2.24) is 0 Å². The molecule has 10 rings (SSSR count). The van der Waals surface area contributed by atoms with E-state index < -0.39 is 0 Å². The molecule has 0 bridgehead atoms. The van der Waals surface area contributed by atoms with E-state index in [0.29, 0.717) is 42.0 Å². The Bertz CT molecular complexity index is 2260. The fourth-order valence-corrected chi connectivity index (χ4v) is 24.7. The molecular formula is C48H38Br6S10. The molecule has 0 radical (unpaired) electrons. The second kappa shape index (κ2) is 25.7. The summed E-state index contributed by atoms with van der Waals surface area (Å²) in [6.45, 7) is 0. The van der Waals surface area contributed by atoms with E-state index >= 15 is 0 Å². The van der Waals surface area contributed by atoms with Gasteiger partial charge in [0, 0.05) is 60.1 Å². The van der Waals surface area contributed by atoms with Crippen LogP contribution in [0.3, 0.4) is 0 Å². The number of hydrogen-bond donors (Lipinski definition) is 0. The monoisotopic (exact) mass is 1410 g/mol. The molecule has 2 aliphatic heterocycles. The number of thiophene rings is 4. The molecule has 0 nitrogen and oxygen atoms in total. The highest BCUT2D eigenvalue weighted by Crippen LogP contribution is 2.65. The lowest BCUT2D eigenvalue weighted by molar-refractivity contribution is 0.814. The third-order valence-electron chi connectivity index (χ3n) is 9.99. The maximum absolute atomic E-state index is 3.69. The Labute approximate surface area is 473 Å². The first-order valence-corrected chi connectivity index (χ1v) is 31.4. The van der Waals surface area contributed by atoms with Crippen molar-refractivity contribution in [2.75, 3.05) is 0 Å². The quantitative estimate of drug-likeness (QED) is 0.119. The number of benzene rings is 4. The summed E-state index contributed by atoms with van der Waals surface area (Å²) < 4.78 is 4.84. The van der Waals surface area contributed by atoms with Gasteiger partial charge >= 0.3 is 0 Å². The number of thioether (sulfide) groups is 6. The summed E-state index contributed by atoms with van der Waals surface area (Å²) in [5, 5.41) is 3.68. The van der Waals surface area contributed by atoms with E-state index in [1.807, 2.05) is 92.4 Å². The zero-order valence-corrected chi connectivity index (χ0v) is 51.1. The van der Waals surface area contributed by atoms with Crippen molar-refractivity contribution in [3.63, 3.8) is 0 Å². The summed E-state index contributed by atoms with van der Waals surface area (Å²) in [6, 6.07) is 61.6.